The van der Waals surface area contributed by atoms with Crippen LogP contribution in [-0.2, 0) is 11.2 Å². The van der Waals surface area contributed by atoms with E-state index in [0.29, 0.717) is 13.1 Å². The van der Waals surface area contributed by atoms with E-state index in [4.69, 9.17) is 9.84 Å². The van der Waals surface area contributed by atoms with Crippen molar-refractivity contribution in [3.63, 3.8) is 0 Å². The number of aliphatic hydroxyl groups is 1. The molecular formula is C24H21N3O3. The molecule has 3 aliphatic rings. The summed E-state index contributed by atoms with van der Waals surface area (Å²) in [5.74, 6) is 0.542. The van der Waals surface area contributed by atoms with Crippen molar-refractivity contribution < 1.29 is 14.6 Å². The predicted molar refractivity (Wildman–Crippen MR) is 112 cm³/mol. The van der Waals surface area contributed by atoms with Gasteiger partial charge in [0.2, 0.25) is 5.91 Å². The number of ether oxygens (including phenoxy) is 1. The third kappa shape index (κ3) is 3.17. The zero-order valence-electron chi connectivity index (χ0n) is 16.5. The van der Waals surface area contributed by atoms with Crippen LogP contribution in [0.2, 0.25) is 0 Å². The molecule has 1 aliphatic heterocycles. The number of rotatable bonds is 4. The maximum absolute atomic E-state index is 11.7. The molecule has 6 heteroatoms. The van der Waals surface area contributed by atoms with Crippen molar-refractivity contribution in [2.75, 3.05) is 19.7 Å². The summed E-state index contributed by atoms with van der Waals surface area (Å²) in [6, 6.07) is 12.5. The second-order valence-electron chi connectivity index (χ2n) is 7.88. The highest BCUT2D eigenvalue weighted by atomic mass is 16.5. The summed E-state index contributed by atoms with van der Waals surface area (Å²) in [5.41, 5.74) is 5.21. The van der Waals surface area contributed by atoms with Gasteiger partial charge >= 0.3 is 0 Å². The zero-order chi connectivity index (χ0) is 20.7. The molecule has 2 bridgehead atoms. The van der Waals surface area contributed by atoms with E-state index in [1.807, 2.05) is 24.4 Å². The Bertz CT molecular complexity index is 1190. The fraction of sp³-hybridized carbons (Fsp3) is 0.292. The second kappa shape index (κ2) is 7.43. The minimum absolute atomic E-state index is 0.00387. The summed E-state index contributed by atoms with van der Waals surface area (Å²) in [5, 5.41) is 20.5. The molecule has 1 N–H and O–H groups in total. The highest BCUT2D eigenvalue weighted by Gasteiger charge is 2.25. The van der Waals surface area contributed by atoms with E-state index < -0.39 is 6.61 Å². The van der Waals surface area contributed by atoms with E-state index in [-0.39, 0.29) is 12.0 Å². The average Bonchev–Trinajstić information content (AvgIpc) is 2.78. The quantitative estimate of drug-likeness (QED) is 0.570. The molecular weight excluding hydrogens is 378 g/mol. The number of aliphatic hydroxyl groups excluding tert-OH is 1. The van der Waals surface area contributed by atoms with Gasteiger partial charge in [-0.3, -0.25) is 9.78 Å². The van der Waals surface area contributed by atoms with E-state index in [1.54, 1.807) is 11.1 Å². The molecule has 0 atom stereocenters. The molecule has 2 aliphatic carbocycles. The Hall–Kier alpha value is -3.43. The second-order valence-corrected chi connectivity index (χ2v) is 7.88. The van der Waals surface area contributed by atoms with Gasteiger partial charge in [0, 0.05) is 43.7 Å². The number of piperidine rings is 1. The average molecular weight is 399 g/mol. The highest BCUT2D eigenvalue weighted by molar-refractivity contribution is 5.93. The molecule has 1 saturated heterocycles. The number of pyridine rings is 1. The first-order valence-corrected chi connectivity index (χ1v) is 10.2. The lowest BCUT2D eigenvalue weighted by atomic mass is 9.82. The van der Waals surface area contributed by atoms with Crippen molar-refractivity contribution in [2.45, 2.75) is 25.4 Å². The van der Waals surface area contributed by atoms with Crippen LogP contribution in [0.25, 0.3) is 21.9 Å². The van der Waals surface area contributed by atoms with Crippen molar-refractivity contribution in [3.05, 3.63) is 59.4 Å². The maximum Gasteiger partial charge on any atom is 0.248 e. The predicted octanol–water partition coefficient (Wildman–Crippen LogP) is 3.04. The first kappa shape index (κ1) is 18.6. The molecule has 30 heavy (non-hydrogen) atoms. The van der Waals surface area contributed by atoms with Gasteiger partial charge in [-0.25, -0.2) is 0 Å². The molecule has 3 aromatic rings. The van der Waals surface area contributed by atoms with Gasteiger partial charge < -0.3 is 14.7 Å². The van der Waals surface area contributed by atoms with Crippen LogP contribution < -0.4 is 4.74 Å². The number of aromatic nitrogens is 1. The fourth-order valence-electron chi connectivity index (χ4n) is 4.36. The van der Waals surface area contributed by atoms with Crippen molar-refractivity contribution in [1.29, 1.82) is 5.26 Å². The molecule has 1 fully saturated rings. The first-order valence-electron chi connectivity index (χ1n) is 10.2. The summed E-state index contributed by atoms with van der Waals surface area (Å²) in [6.07, 6.45) is 5.86. The minimum Gasteiger partial charge on any atom is -0.490 e. The monoisotopic (exact) mass is 399 g/mol. The van der Waals surface area contributed by atoms with Crippen LogP contribution in [-0.4, -0.2) is 46.7 Å². The van der Waals surface area contributed by atoms with Gasteiger partial charge in [0.25, 0.3) is 0 Å². The lowest BCUT2D eigenvalue weighted by molar-refractivity contribution is -0.135. The van der Waals surface area contributed by atoms with Crippen molar-refractivity contribution in [3.8, 4) is 22.9 Å². The van der Waals surface area contributed by atoms with Crippen molar-refractivity contribution >= 4 is 16.7 Å². The maximum atomic E-state index is 11.7. The van der Waals surface area contributed by atoms with Crippen LogP contribution in [0.1, 0.15) is 29.5 Å². The molecule has 0 spiro atoms. The summed E-state index contributed by atoms with van der Waals surface area (Å²) >= 11 is 0. The number of likely N-dealkylation sites (tertiary alicyclic amines) is 1. The summed E-state index contributed by atoms with van der Waals surface area (Å²) in [6.45, 7) is 0.712. The number of amides is 1. The Labute approximate surface area is 174 Å². The fourth-order valence-corrected chi connectivity index (χ4v) is 4.36. The lowest BCUT2D eigenvalue weighted by Crippen LogP contribution is -2.42. The topological polar surface area (TPSA) is 86.5 Å². The van der Waals surface area contributed by atoms with Gasteiger partial charge in [0.1, 0.15) is 18.5 Å². The number of hydrogen-bond acceptors (Lipinski definition) is 5. The largest absolute Gasteiger partial charge is 0.490 e. The van der Waals surface area contributed by atoms with E-state index in [2.05, 4.69) is 23.2 Å². The standard InChI is InChI=1S/C24H21N3O3/c25-12-19-10-21(17-8-16(19)9-17)18-7-15-1-4-26-13-22(15)23(11-18)30-20-2-5-27(6-3-20)24(29)14-28/h1,4,7-8,10-11,13,20,28H,2-3,5-6,9,14H2. The zero-order valence-corrected chi connectivity index (χ0v) is 16.5. The van der Waals surface area contributed by atoms with Gasteiger partial charge in [0.05, 0.1) is 11.6 Å². The SMILES string of the molecule is N#Cc1cc(-c2cc(OC3CCN(C(=O)CO)CC3)c3cnccc3c2)c2cc1C2. The van der Waals surface area contributed by atoms with Gasteiger partial charge in [-0.05, 0) is 58.3 Å². The van der Waals surface area contributed by atoms with E-state index in [1.165, 1.54) is 5.56 Å². The summed E-state index contributed by atoms with van der Waals surface area (Å²) < 4.78 is 6.40. The van der Waals surface area contributed by atoms with Crippen molar-refractivity contribution in [1.82, 2.24) is 9.88 Å². The Kier molecular flexibility index (Phi) is 4.61. The Morgan fingerprint density at radius 2 is 2.03 bits per heavy atom. The van der Waals surface area contributed by atoms with Crippen LogP contribution in [0, 0.1) is 11.3 Å². The third-order valence-corrected chi connectivity index (χ3v) is 6.08. The molecule has 2 heterocycles. The number of nitrogens with zero attached hydrogens (tertiary/aromatic N) is 3. The van der Waals surface area contributed by atoms with Crippen LogP contribution in [0.15, 0.2) is 42.7 Å². The molecule has 6 nitrogen and oxygen atoms in total. The molecule has 150 valence electrons. The summed E-state index contributed by atoms with van der Waals surface area (Å²) in [4.78, 5) is 17.6. The summed E-state index contributed by atoms with van der Waals surface area (Å²) in [7, 11) is 0. The minimum atomic E-state index is -0.449. The van der Waals surface area contributed by atoms with E-state index in [0.717, 1.165) is 58.0 Å². The molecule has 1 amide bonds. The van der Waals surface area contributed by atoms with Crippen LogP contribution in [0.5, 0.6) is 5.75 Å². The number of nitriles is 1. The van der Waals surface area contributed by atoms with Crippen LogP contribution in [0.3, 0.4) is 0 Å². The molecule has 0 unspecified atom stereocenters. The lowest BCUT2D eigenvalue weighted by Gasteiger charge is -2.32. The van der Waals surface area contributed by atoms with E-state index >= 15 is 0 Å². The van der Waals surface area contributed by atoms with Gasteiger partial charge in [-0.15, -0.1) is 0 Å². The number of benzene rings is 2. The van der Waals surface area contributed by atoms with Gasteiger partial charge in [-0.1, -0.05) is 6.07 Å². The molecule has 2 aromatic carbocycles. The Morgan fingerprint density at radius 3 is 2.77 bits per heavy atom. The molecule has 0 saturated carbocycles. The first-order chi connectivity index (χ1) is 14.7. The molecule has 6 rings (SSSR count). The number of hydrogen-bond donors (Lipinski definition) is 1. The normalized spacial score (nSPS) is 15.5. The Morgan fingerprint density at radius 1 is 1.23 bits per heavy atom. The molecule has 0 radical (unpaired) electrons. The van der Waals surface area contributed by atoms with Gasteiger partial charge in [-0.2, -0.15) is 5.26 Å². The number of carbonyl (C=O) groups is 1. The molecule has 1 aromatic heterocycles. The number of fused-ring (bicyclic) bond motifs is 3. The highest BCUT2D eigenvalue weighted by Crippen LogP contribution is 2.39. The van der Waals surface area contributed by atoms with Crippen LogP contribution >= 0.6 is 0 Å². The Balaban J connectivity index is 1.47. The van der Waals surface area contributed by atoms with E-state index in [9.17, 15) is 10.1 Å². The van der Waals surface area contributed by atoms with Crippen molar-refractivity contribution in [2.24, 2.45) is 0 Å². The third-order valence-electron chi connectivity index (χ3n) is 6.08. The number of carbonyl (C=O) groups excluding carboxylic acids is 1. The van der Waals surface area contributed by atoms with Crippen LogP contribution in [0.4, 0.5) is 0 Å². The van der Waals surface area contributed by atoms with Gasteiger partial charge in [0.15, 0.2) is 0 Å². The smallest absolute Gasteiger partial charge is 0.248 e.